The average Bonchev–Trinajstić information content (AvgIpc) is 2.33. The molecule has 1 fully saturated rings. The van der Waals surface area contributed by atoms with Gasteiger partial charge in [-0.3, -0.25) is 4.79 Å². The molecule has 0 spiro atoms. The first-order chi connectivity index (χ1) is 7.83. The monoisotopic (exact) mass is 229 g/mol. The topological polar surface area (TPSA) is 47.6 Å². The largest absolute Gasteiger partial charge is 0.463 e. The van der Waals surface area contributed by atoms with Crippen molar-refractivity contribution in [2.24, 2.45) is 5.92 Å². The summed E-state index contributed by atoms with van der Waals surface area (Å²) in [7, 11) is 0. The molecular weight excluding hydrogens is 206 g/mol. The van der Waals surface area contributed by atoms with E-state index in [0.29, 0.717) is 32.2 Å². The Kier molecular flexibility index (Phi) is 7.17. The van der Waals surface area contributed by atoms with Crippen LogP contribution in [0.5, 0.6) is 0 Å². The van der Waals surface area contributed by atoms with E-state index >= 15 is 0 Å². The number of piperidine rings is 1. The molecule has 1 saturated heterocycles. The Hall–Kier alpha value is -0.610. The third-order valence-electron chi connectivity index (χ3n) is 2.91. The van der Waals surface area contributed by atoms with E-state index in [1.807, 2.05) is 6.92 Å². The summed E-state index contributed by atoms with van der Waals surface area (Å²) in [5.74, 6) is 0.610. The minimum atomic E-state index is -0.0850. The maximum Gasteiger partial charge on any atom is 0.305 e. The van der Waals surface area contributed by atoms with Crippen molar-refractivity contribution in [2.45, 2.75) is 32.6 Å². The highest BCUT2D eigenvalue weighted by molar-refractivity contribution is 5.69. The van der Waals surface area contributed by atoms with Gasteiger partial charge in [-0.25, -0.2) is 0 Å². The highest BCUT2D eigenvalue weighted by Gasteiger charge is 2.14. The van der Waals surface area contributed by atoms with Gasteiger partial charge in [-0.05, 0) is 45.2 Å². The molecule has 0 radical (unpaired) electrons. The number of hydrogen-bond acceptors (Lipinski definition) is 4. The number of rotatable bonds is 7. The molecule has 1 heterocycles. The molecule has 1 rings (SSSR count). The van der Waals surface area contributed by atoms with Gasteiger partial charge in [0.05, 0.1) is 6.61 Å². The maximum absolute atomic E-state index is 11.4. The Morgan fingerprint density at radius 1 is 1.31 bits per heavy atom. The van der Waals surface area contributed by atoms with Crippen molar-refractivity contribution < 1.29 is 14.3 Å². The molecule has 0 aromatic heterocycles. The summed E-state index contributed by atoms with van der Waals surface area (Å²) in [6, 6.07) is 0. The molecule has 0 amide bonds. The Balaban J connectivity index is 1.96. The lowest BCUT2D eigenvalue weighted by atomic mass is 9.93. The number of nitrogens with one attached hydrogen (secondary N) is 1. The molecular formula is C12H23NO3. The Bertz CT molecular complexity index is 191. The third-order valence-corrected chi connectivity index (χ3v) is 2.91. The molecule has 16 heavy (non-hydrogen) atoms. The van der Waals surface area contributed by atoms with Crippen LogP contribution in [0, 0.1) is 5.92 Å². The van der Waals surface area contributed by atoms with Crippen LogP contribution in [0.1, 0.15) is 32.6 Å². The Labute approximate surface area is 97.7 Å². The van der Waals surface area contributed by atoms with Gasteiger partial charge in [0.15, 0.2) is 0 Å². The van der Waals surface area contributed by atoms with Gasteiger partial charge < -0.3 is 14.8 Å². The molecule has 1 N–H and O–H groups in total. The molecule has 94 valence electrons. The molecule has 0 aromatic carbocycles. The summed E-state index contributed by atoms with van der Waals surface area (Å²) in [6.07, 6.45) is 3.89. The molecule has 1 aliphatic heterocycles. The van der Waals surface area contributed by atoms with Crippen molar-refractivity contribution >= 4 is 5.97 Å². The van der Waals surface area contributed by atoms with Gasteiger partial charge in [0.1, 0.15) is 6.61 Å². The summed E-state index contributed by atoms with van der Waals surface area (Å²) < 4.78 is 10.1. The number of hydrogen-bond donors (Lipinski definition) is 1. The van der Waals surface area contributed by atoms with E-state index in [-0.39, 0.29) is 5.97 Å². The van der Waals surface area contributed by atoms with Gasteiger partial charge in [-0.2, -0.15) is 0 Å². The van der Waals surface area contributed by atoms with Gasteiger partial charge >= 0.3 is 5.97 Å². The van der Waals surface area contributed by atoms with Gasteiger partial charge in [-0.15, -0.1) is 0 Å². The minimum Gasteiger partial charge on any atom is -0.463 e. The predicted molar refractivity (Wildman–Crippen MR) is 62.3 cm³/mol. The van der Waals surface area contributed by atoms with Crippen molar-refractivity contribution in [1.82, 2.24) is 5.32 Å². The van der Waals surface area contributed by atoms with Crippen LogP contribution in [0.4, 0.5) is 0 Å². The fourth-order valence-corrected chi connectivity index (χ4v) is 1.92. The van der Waals surface area contributed by atoms with Crippen LogP contribution in [0.25, 0.3) is 0 Å². The lowest BCUT2D eigenvalue weighted by molar-refractivity contribution is -0.145. The number of carbonyl (C=O) groups excluding carboxylic acids is 1. The van der Waals surface area contributed by atoms with Gasteiger partial charge in [0, 0.05) is 13.0 Å². The molecule has 0 unspecified atom stereocenters. The zero-order chi connectivity index (χ0) is 11.6. The molecule has 0 saturated carbocycles. The average molecular weight is 229 g/mol. The van der Waals surface area contributed by atoms with E-state index in [9.17, 15) is 4.79 Å². The smallest absolute Gasteiger partial charge is 0.305 e. The molecule has 0 aliphatic carbocycles. The summed E-state index contributed by atoms with van der Waals surface area (Å²) in [5.41, 5.74) is 0. The Morgan fingerprint density at radius 3 is 2.75 bits per heavy atom. The predicted octanol–water partition coefficient (Wildman–Crippen LogP) is 1.35. The van der Waals surface area contributed by atoms with Crippen LogP contribution in [0.3, 0.4) is 0 Å². The Morgan fingerprint density at radius 2 is 2.06 bits per heavy atom. The first-order valence-corrected chi connectivity index (χ1v) is 6.27. The van der Waals surface area contributed by atoms with Crippen LogP contribution >= 0.6 is 0 Å². The van der Waals surface area contributed by atoms with E-state index in [1.54, 1.807) is 0 Å². The first-order valence-electron chi connectivity index (χ1n) is 6.27. The minimum absolute atomic E-state index is 0.0850. The molecule has 0 bridgehead atoms. The van der Waals surface area contributed by atoms with E-state index < -0.39 is 0 Å². The fourth-order valence-electron chi connectivity index (χ4n) is 1.92. The standard InChI is InChI=1S/C12H23NO3/c1-2-15-9-10-16-12(14)4-3-11-5-7-13-8-6-11/h11,13H,2-10H2,1H3. The van der Waals surface area contributed by atoms with Crippen molar-refractivity contribution in [3.05, 3.63) is 0 Å². The lowest BCUT2D eigenvalue weighted by Gasteiger charge is -2.21. The van der Waals surface area contributed by atoms with Crippen molar-refractivity contribution in [3.8, 4) is 0 Å². The molecule has 0 aromatic rings. The summed E-state index contributed by atoms with van der Waals surface area (Å²) in [4.78, 5) is 11.4. The summed E-state index contributed by atoms with van der Waals surface area (Å²) in [5, 5.41) is 3.32. The number of esters is 1. The van der Waals surface area contributed by atoms with Crippen molar-refractivity contribution in [1.29, 1.82) is 0 Å². The number of ether oxygens (including phenoxy) is 2. The molecule has 1 aliphatic rings. The zero-order valence-electron chi connectivity index (χ0n) is 10.2. The van der Waals surface area contributed by atoms with Crippen molar-refractivity contribution in [3.63, 3.8) is 0 Å². The number of carbonyl (C=O) groups is 1. The lowest BCUT2D eigenvalue weighted by Crippen LogP contribution is -2.28. The second-order valence-corrected chi connectivity index (χ2v) is 4.15. The third kappa shape index (κ3) is 6.08. The summed E-state index contributed by atoms with van der Waals surface area (Å²) >= 11 is 0. The molecule has 0 atom stereocenters. The van der Waals surface area contributed by atoms with E-state index in [2.05, 4.69) is 5.32 Å². The normalized spacial score (nSPS) is 17.3. The molecule has 4 nitrogen and oxygen atoms in total. The van der Waals surface area contributed by atoms with Gasteiger partial charge in [0.2, 0.25) is 0 Å². The SMILES string of the molecule is CCOCCOC(=O)CCC1CCNCC1. The first kappa shape index (κ1) is 13.5. The maximum atomic E-state index is 11.4. The van der Waals surface area contributed by atoms with Gasteiger partial charge in [-0.1, -0.05) is 0 Å². The van der Waals surface area contributed by atoms with E-state index in [1.165, 1.54) is 12.8 Å². The van der Waals surface area contributed by atoms with Crippen LogP contribution < -0.4 is 5.32 Å². The van der Waals surface area contributed by atoms with E-state index in [4.69, 9.17) is 9.47 Å². The highest BCUT2D eigenvalue weighted by atomic mass is 16.6. The fraction of sp³-hybridized carbons (Fsp3) is 0.917. The highest BCUT2D eigenvalue weighted by Crippen LogP contribution is 2.17. The van der Waals surface area contributed by atoms with Crippen LogP contribution in [-0.4, -0.2) is 38.9 Å². The summed E-state index contributed by atoms with van der Waals surface area (Å²) in [6.45, 7) is 5.67. The van der Waals surface area contributed by atoms with Crippen molar-refractivity contribution in [2.75, 3.05) is 32.9 Å². The quantitative estimate of drug-likeness (QED) is 0.529. The molecule has 4 heteroatoms. The van der Waals surface area contributed by atoms with Crippen LogP contribution in [0.15, 0.2) is 0 Å². The second kappa shape index (κ2) is 8.53. The second-order valence-electron chi connectivity index (χ2n) is 4.15. The zero-order valence-corrected chi connectivity index (χ0v) is 10.2. The van der Waals surface area contributed by atoms with Gasteiger partial charge in [0.25, 0.3) is 0 Å². The van der Waals surface area contributed by atoms with Crippen LogP contribution in [0.2, 0.25) is 0 Å². The van der Waals surface area contributed by atoms with E-state index in [0.717, 1.165) is 19.5 Å². The van der Waals surface area contributed by atoms with Crippen LogP contribution in [-0.2, 0) is 14.3 Å².